The summed E-state index contributed by atoms with van der Waals surface area (Å²) in [7, 11) is 2.17. The zero-order valence-corrected chi connectivity index (χ0v) is 14.8. The lowest BCUT2D eigenvalue weighted by Crippen LogP contribution is -2.39. The van der Waals surface area contributed by atoms with Gasteiger partial charge in [0.25, 0.3) is 0 Å². The van der Waals surface area contributed by atoms with E-state index in [0.717, 1.165) is 11.6 Å². The van der Waals surface area contributed by atoms with Crippen molar-refractivity contribution in [3.05, 3.63) is 69.7 Å². The Kier molecular flexibility index (Phi) is 4.77. The van der Waals surface area contributed by atoms with Gasteiger partial charge in [0, 0.05) is 30.1 Å². The van der Waals surface area contributed by atoms with Crippen LogP contribution in [0.5, 0.6) is 0 Å². The Morgan fingerprint density at radius 2 is 1.83 bits per heavy atom. The number of rotatable bonds is 3. The molecule has 3 heteroatoms. The van der Waals surface area contributed by atoms with E-state index < -0.39 is 0 Å². The number of benzene rings is 2. The van der Waals surface area contributed by atoms with Crippen LogP contribution in [0, 0.1) is 0 Å². The molecule has 2 nitrogen and oxygen atoms in total. The molecular weight excluding hydrogens is 304 g/mol. The van der Waals surface area contributed by atoms with E-state index in [4.69, 9.17) is 17.3 Å². The largest absolute Gasteiger partial charge is 0.329 e. The van der Waals surface area contributed by atoms with Crippen LogP contribution < -0.4 is 5.73 Å². The van der Waals surface area contributed by atoms with Gasteiger partial charge in [-0.05, 0) is 47.4 Å². The highest BCUT2D eigenvalue weighted by Crippen LogP contribution is 2.39. The lowest BCUT2D eigenvalue weighted by molar-refractivity contribution is 0.223. The normalized spacial score (nSPS) is 21.5. The molecule has 2 atom stereocenters. The van der Waals surface area contributed by atoms with Crippen molar-refractivity contribution >= 4 is 11.6 Å². The molecule has 0 fully saturated rings. The molecule has 2 aromatic rings. The highest BCUT2D eigenvalue weighted by molar-refractivity contribution is 6.30. The molecule has 0 saturated carbocycles. The smallest absolute Gasteiger partial charge is 0.0470 e. The van der Waals surface area contributed by atoms with Crippen LogP contribution >= 0.6 is 11.6 Å². The third-order valence-corrected chi connectivity index (χ3v) is 5.26. The average Bonchev–Trinajstić information content (AvgIpc) is 2.54. The molecule has 122 valence electrons. The van der Waals surface area contributed by atoms with Crippen molar-refractivity contribution in [1.82, 2.24) is 4.90 Å². The molecule has 0 saturated heterocycles. The summed E-state index contributed by atoms with van der Waals surface area (Å²) in [5.41, 5.74) is 11.6. The second kappa shape index (κ2) is 6.64. The Morgan fingerprint density at radius 3 is 2.43 bits per heavy atom. The number of hydrogen-bond acceptors (Lipinski definition) is 2. The number of fused-ring (bicyclic) bond motifs is 1. The molecule has 2 N–H and O–H groups in total. The Balaban J connectivity index is 2.09. The molecule has 0 aliphatic carbocycles. The van der Waals surface area contributed by atoms with Crippen LogP contribution in [0.3, 0.4) is 0 Å². The van der Waals surface area contributed by atoms with Crippen LogP contribution in [0.15, 0.2) is 42.5 Å². The predicted molar refractivity (Wildman–Crippen MR) is 98.3 cm³/mol. The number of halogens is 1. The fraction of sp³-hybridized carbons (Fsp3) is 0.400. The van der Waals surface area contributed by atoms with Gasteiger partial charge in [-0.1, -0.05) is 55.8 Å². The lowest BCUT2D eigenvalue weighted by atomic mass is 9.80. The summed E-state index contributed by atoms with van der Waals surface area (Å²) in [4.78, 5) is 2.38. The van der Waals surface area contributed by atoms with Gasteiger partial charge in [-0.3, -0.25) is 4.90 Å². The third kappa shape index (κ3) is 3.16. The van der Waals surface area contributed by atoms with Gasteiger partial charge in [-0.25, -0.2) is 0 Å². The van der Waals surface area contributed by atoms with Crippen molar-refractivity contribution in [2.45, 2.75) is 31.7 Å². The Morgan fingerprint density at radius 1 is 1.13 bits per heavy atom. The maximum atomic E-state index is 6.08. The van der Waals surface area contributed by atoms with E-state index >= 15 is 0 Å². The van der Waals surface area contributed by atoms with Crippen molar-refractivity contribution in [3.63, 3.8) is 0 Å². The highest BCUT2D eigenvalue weighted by atomic mass is 35.5. The van der Waals surface area contributed by atoms with E-state index in [1.807, 2.05) is 12.1 Å². The van der Waals surface area contributed by atoms with Crippen LogP contribution in [-0.2, 0) is 0 Å². The zero-order valence-electron chi connectivity index (χ0n) is 14.1. The van der Waals surface area contributed by atoms with E-state index in [1.54, 1.807) is 0 Å². The molecule has 3 rings (SSSR count). The van der Waals surface area contributed by atoms with Crippen molar-refractivity contribution in [1.29, 1.82) is 0 Å². The first-order valence-electron chi connectivity index (χ1n) is 8.30. The standard InChI is InChI=1S/C20H25ClN2/c1-13(2)15-6-9-17-18(10-15)20(11-22)23(3)12-19(17)14-4-7-16(21)8-5-14/h4-10,13,19-20H,11-12,22H2,1-3H3. The molecule has 2 unspecified atom stereocenters. The maximum Gasteiger partial charge on any atom is 0.0470 e. The van der Waals surface area contributed by atoms with Gasteiger partial charge in [0.15, 0.2) is 0 Å². The van der Waals surface area contributed by atoms with E-state index in [2.05, 4.69) is 56.1 Å². The first kappa shape index (κ1) is 16.5. The predicted octanol–water partition coefficient (Wildman–Crippen LogP) is 4.54. The van der Waals surface area contributed by atoms with Gasteiger partial charge in [-0.2, -0.15) is 0 Å². The summed E-state index contributed by atoms with van der Waals surface area (Å²) < 4.78 is 0. The first-order valence-corrected chi connectivity index (χ1v) is 8.68. The van der Waals surface area contributed by atoms with Crippen LogP contribution in [0.25, 0.3) is 0 Å². The van der Waals surface area contributed by atoms with Crippen LogP contribution in [0.4, 0.5) is 0 Å². The minimum atomic E-state index is 0.298. The summed E-state index contributed by atoms with van der Waals surface area (Å²) in [5.74, 6) is 0.899. The molecule has 0 bridgehead atoms. The quantitative estimate of drug-likeness (QED) is 0.896. The van der Waals surface area contributed by atoms with Crippen LogP contribution in [0.1, 0.15) is 54.0 Å². The van der Waals surface area contributed by atoms with Crippen molar-refractivity contribution < 1.29 is 0 Å². The first-order chi connectivity index (χ1) is 11.0. The molecule has 1 heterocycles. The number of likely N-dealkylation sites (N-methyl/N-ethyl adjacent to an activating group) is 1. The molecule has 1 aliphatic heterocycles. The van der Waals surface area contributed by atoms with E-state index in [0.29, 0.717) is 24.4 Å². The minimum absolute atomic E-state index is 0.298. The summed E-state index contributed by atoms with van der Waals surface area (Å²) in [5, 5.41) is 0.785. The third-order valence-electron chi connectivity index (χ3n) is 5.01. The second-order valence-electron chi connectivity index (χ2n) is 6.84. The summed E-state index contributed by atoms with van der Waals surface area (Å²) >= 11 is 6.05. The van der Waals surface area contributed by atoms with Crippen molar-refractivity contribution in [2.24, 2.45) is 5.73 Å². The lowest BCUT2D eigenvalue weighted by Gasteiger charge is -2.39. The fourth-order valence-electron chi connectivity index (χ4n) is 3.60. The van der Waals surface area contributed by atoms with Gasteiger partial charge in [0.05, 0.1) is 0 Å². The molecule has 0 amide bonds. The van der Waals surface area contributed by atoms with Gasteiger partial charge < -0.3 is 5.73 Å². The number of nitrogens with two attached hydrogens (primary N) is 1. The monoisotopic (exact) mass is 328 g/mol. The molecule has 0 spiro atoms. The van der Waals surface area contributed by atoms with Gasteiger partial charge >= 0.3 is 0 Å². The molecule has 1 aliphatic rings. The molecular formula is C20H25ClN2. The van der Waals surface area contributed by atoms with Crippen LogP contribution in [-0.4, -0.2) is 25.0 Å². The Labute approximate surface area is 144 Å². The maximum absolute atomic E-state index is 6.08. The molecule has 0 radical (unpaired) electrons. The molecule has 2 aromatic carbocycles. The van der Waals surface area contributed by atoms with E-state index in [1.165, 1.54) is 22.3 Å². The minimum Gasteiger partial charge on any atom is -0.329 e. The topological polar surface area (TPSA) is 29.3 Å². The van der Waals surface area contributed by atoms with E-state index in [-0.39, 0.29) is 0 Å². The molecule has 0 aromatic heterocycles. The average molecular weight is 329 g/mol. The summed E-state index contributed by atoms with van der Waals surface area (Å²) in [6.45, 7) is 6.11. The highest BCUT2D eigenvalue weighted by Gasteiger charge is 2.31. The summed E-state index contributed by atoms with van der Waals surface area (Å²) in [6, 6.07) is 15.5. The number of hydrogen-bond donors (Lipinski definition) is 1. The van der Waals surface area contributed by atoms with Crippen molar-refractivity contribution in [2.75, 3.05) is 20.1 Å². The van der Waals surface area contributed by atoms with Crippen molar-refractivity contribution in [3.8, 4) is 0 Å². The Bertz CT molecular complexity index is 679. The SMILES string of the molecule is CC(C)c1ccc2c(c1)C(CN)N(C)CC2c1ccc(Cl)cc1. The van der Waals surface area contributed by atoms with E-state index in [9.17, 15) is 0 Å². The fourth-order valence-corrected chi connectivity index (χ4v) is 3.72. The molecule has 23 heavy (non-hydrogen) atoms. The van der Waals surface area contributed by atoms with Gasteiger partial charge in [0.2, 0.25) is 0 Å². The Hall–Kier alpha value is -1.35. The summed E-state index contributed by atoms with van der Waals surface area (Å²) in [6.07, 6.45) is 0. The van der Waals surface area contributed by atoms with Gasteiger partial charge in [-0.15, -0.1) is 0 Å². The van der Waals surface area contributed by atoms with Gasteiger partial charge in [0.1, 0.15) is 0 Å². The van der Waals surface area contributed by atoms with Crippen LogP contribution in [0.2, 0.25) is 5.02 Å². The number of nitrogens with zero attached hydrogens (tertiary/aromatic N) is 1. The zero-order chi connectivity index (χ0) is 16.6. The second-order valence-corrected chi connectivity index (χ2v) is 7.27.